The number of alkyl halides is 19. The van der Waals surface area contributed by atoms with E-state index in [-0.39, 0.29) is 47.8 Å². The molecule has 0 spiro atoms. The third kappa shape index (κ3) is 5.07. The van der Waals surface area contributed by atoms with Gasteiger partial charge in [0, 0.05) is 5.56 Å². The van der Waals surface area contributed by atoms with Gasteiger partial charge in [0.05, 0.1) is 4.90 Å². The maximum Gasteiger partial charge on any atom is 1.00 e. The fourth-order valence-corrected chi connectivity index (χ4v) is 3.18. The van der Waals surface area contributed by atoms with Crippen molar-refractivity contribution in [3.05, 3.63) is 29.8 Å². The molecule has 24 heteroatoms. The Bertz CT molecular complexity index is 1160. The van der Waals surface area contributed by atoms with Crippen LogP contribution in [0.4, 0.5) is 83.4 Å². The van der Waals surface area contributed by atoms with E-state index in [2.05, 4.69) is 0 Å². The Balaban J connectivity index is 0.0000144. The fourth-order valence-electron chi connectivity index (χ4n) is 2.47. The molecule has 0 fully saturated rings. The molecule has 1 rings (SSSR count). The van der Waals surface area contributed by atoms with Gasteiger partial charge < -0.3 is 4.55 Å². The molecule has 3 nitrogen and oxygen atoms in total. The van der Waals surface area contributed by atoms with Crippen LogP contribution in [0.2, 0.25) is 0 Å². The van der Waals surface area contributed by atoms with Crippen LogP contribution < -0.4 is 29.6 Å². The van der Waals surface area contributed by atoms with Crippen LogP contribution in [0.25, 0.3) is 0 Å². The summed E-state index contributed by atoms with van der Waals surface area (Å²) in [5, 5.41) is 0. The number of hydrogen-bond donors (Lipinski definition) is 0. The summed E-state index contributed by atoms with van der Waals surface area (Å²) in [7, 11) is -6.41. The zero-order chi connectivity index (χ0) is 31.0. The van der Waals surface area contributed by atoms with Gasteiger partial charge in [0.15, 0.2) is 0 Å². The van der Waals surface area contributed by atoms with E-state index in [1.807, 2.05) is 0 Å². The summed E-state index contributed by atoms with van der Waals surface area (Å²) in [6.07, 6.45) is -7.99. The summed E-state index contributed by atoms with van der Waals surface area (Å²) < 4.78 is 286. The van der Waals surface area contributed by atoms with Gasteiger partial charge in [-0.1, -0.05) is 18.2 Å². The minimum atomic E-state index is -9.11. The Morgan fingerprint density at radius 3 is 1.08 bits per heavy atom. The van der Waals surface area contributed by atoms with Gasteiger partial charge in [0.1, 0.15) is 10.1 Å². The van der Waals surface area contributed by atoms with Crippen molar-refractivity contribution in [2.75, 3.05) is 0 Å². The van der Waals surface area contributed by atoms with Crippen LogP contribution in [0, 0.1) is 0 Å². The van der Waals surface area contributed by atoms with Crippen molar-refractivity contribution in [3.63, 3.8) is 0 Å². The van der Waals surface area contributed by atoms with Crippen LogP contribution in [0.5, 0.6) is 0 Å². The van der Waals surface area contributed by atoms with Gasteiger partial charge in [-0.15, -0.1) is 0 Å². The molecule has 39 heavy (non-hydrogen) atoms. The molecule has 0 amide bonds. The molecule has 0 bridgehead atoms. The van der Waals surface area contributed by atoms with Gasteiger partial charge in [0.2, 0.25) is 0 Å². The van der Waals surface area contributed by atoms with Gasteiger partial charge in [-0.05, 0) is 6.07 Å². The first-order chi connectivity index (χ1) is 16.2. The van der Waals surface area contributed by atoms with E-state index in [0.29, 0.717) is 0 Å². The normalized spacial score (nSPS) is 15.7. The Morgan fingerprint density at radius 2 is 0.769 bits per heavy atom. The van der Waals surface area contributed by atoms with Crippen molar-refractivity contribution in [2.24, 2.45) is 0 Å². The summed E-state index contributed by atoms with van der Waals surface area (Å²) in [6.45, 7) is 0. The molecule has 0 unspecified atom stereocenters. The van der Waals surface area contributed by atoms with E-state index < -0.39 is 80.2 Å². The molecule has 0 atom stereocenters. The third-order valence-corrected chi connectivity index (χ3v) is 5.51. The summed E-state index contributed by atoms with van der Waals surface area (Å²) >= 11 is 0. The molecule has 1 aromatic carbocycles. The minimum absolute atomic E-state index is 0. The van der Waals surface area contributed by atoms with E-state index in [4.69, 9.17) is 0 Å². The van der Waals surface area contributed by atoms with Crippen LogP contribution >= 0.6 is 0 Å². The van der Waals surface area contributed by atoms with E-state index in [1.54, 1.807) is 0 Å². The first kappa shape index (κ1) is 37.8. The van der Waals surface area contributed by atoms with Crippen molar-refractivity contribution in [1.82, 2.24) is 0 Å². The van der Waals surface area contributed by atoms with Crippen molar-refractivity contribution in [1.29, 1.82) is 0 Å². The zero-order valence-corrected chi connectivity index (χ0v) is 20.4. The second-order valence-electron chi connectivity index (χ2n) is 7.04. The van der Waals surface area contributed by atoms with E-state index in [0.717, 1.165) is 0 Å². The maximum atomic E-state index is 14.2. The molecule has 0 aliphatic carbocycles. The Labute approximate surface area is 224 Å². The van der Waals surface area contributed by atoms with E-state index in [9.17, 15) is 96.4 Å². The zero-order valence-electron chi connectivity index (χ0n) is 17.6. The van der Waals surface area contributed by atoms with Crippen molar-refractivity contribution >= 4 is 10.1 Å². The number of benzene rings is 1. The quantitative estimate of drug-likeness (QED) is 0.234. The van der Waals surface area contributed by atoms with Gasteiger partial charge in [-0.3, -0.25) is 0 Å². The van der Waals surface area contributed by atoms with Gasteiger partial charge in [0.25, 0.3) is 0 Å². The van der Waals surface area contributed by atoms with Crippen LogP contribution in [0.3, 0.4) is 0 Å². The monoisotopic (exact) mass is 648 g/mol. The first-order valence-electron chi connectivity index (χ1n) is 8.37. The number of rotatable bonds is 9. The largest absolute Gasteiger partial charge is 1.00 e. The maximum absolute atomic E-state index is 14.2. The minimum Gasteiger partial charge on any atom is -0.744 e. The molecule has 0 aliphatic heterocycles. The molecule has 0 heterocycles. The second kappa shape index (κ2) is 9.96. The number of halogens is 19. The molecule has 0 aliphatic rings. The summed E-state index contributed by atoms with van der Waals surface area (Å²) in [5.74, 6) is -68.8. The fraction of sp³-hybridized carbons (Fsp3) is 0.600. The summed E-state index contributed by atoms with van der Waals surface area (Å²) in [4.78, 5) is -2.60. The molecule has 0 saturated carbocycles. The average Bonchev–Trinajstić information content (AvgIpc) is 2.71. The smallest absolute Gasteiger partial charge is 0.744 e. The van der Waals surface area contributed by atoms with Gasteiger partial charge in [-0.2, -0.15) is 83.4 Å². The predicted molar refractivity (Wildman–Crippen MR) is 79.0 cm³/mol. The van der Waals surface area contributed by atoms with Crippen molar-refractivity contribution in [2.45, 2.75) is 58.5 Å². The molecule has 222 valence electrons. The predicted octanol–water partition coefficient (Wildman–Crippen LogP) is 3.70. The van der Waals surface area contributed by atoms with Gasteiger partial charge in [-0.25, -0.2) is 8.42 Å². The molecule has 0 N–H and O–H groups in total. The topological polar surface area (TPSA) is 57.2 Å². The van der Waals surface area contributed by atoms with Crippen LogP contribution in [0.15, 0.2) is 29.2 Å². The van der Waals surface area contributed by atoms with E-state index >= 15 is 0 Å². The molecule has 0 saturated heterocycles. The number of hydrogen-bond acceptors (Lipinski definition) is 3. The molecule has 1 aromatic rings. The molecule has 0 aromatic heterocycles. The van der Waals surface area contributed by atoms with Crippen molar-refractivity contribution in [3.8, 4) is 0 Å². The summed E-state index contributed by atoms with van der Waals surface area (Å²) in [6, 6.07) is -0.724. The van der Waals surface area contributed by atoms with Crippen molar-refractivity contribution < 1.29 is 126 Å². The van der Waals surface area contributed by atoms with Crippen LogP contribution in [-0.2, 0) is 16.0 Å². The molecular formula is C15H4F19NaO3S. The SMILES string of the molecule is O=S(=O)([O-])c1ccccc1C(F)(F)C(F)(F)C(F)(F)C(F)(F)C(F)(F)C(F)(F)C(F)(F)C(F)(F)C(F)(F)F.[Na+]. The van der Waals surface area contributed by atoms with Crippen LogP contribution in [-0.4, -0.2) is 60.6 Å². The van der Waals surface area contributed by atoms with E-state index in [1.165, 1.54) is 0 Å². The Kier molecular flexibility index (Phi) is 9.66. The molecule has 0 radical (unpaired) electrons. The van der Waals surface area contributed by atoms with Gasteiger partial charge >= 0.3 is 83.1 Å². The average molecular weight is 648 g/mol. The second-order valence-corrected chi connectivity index (χ2v) is 8.39. The van der Waals surface area contributed by atoms with Crippen LogP contribution in [0.1, 0.15) is 5.56 Å². The molecular weight excluding hydrogens is 644 g/mol. The summed E-state index contributed by atoms with van der Waals surface area (Å²) in [5.41, 5.74) is -3.15. The Morgan fingerprint density at radius 1 is 0.487 bits per heavy atom. The Hall–Kier alpha value is -1.20. The standard InChI is InChI=1S/C15H5F19O3S.Na/c16-7(17,5-3-1-2-4-6(5)38(35,36)37)8(18,19)9(20,21)10(22,23)11(24,25)12(26,27)13(28,29)14(30,31)15(32,33)34;/h1-4H,(H,35,36,37);/q;+1/p-1. The first-order valence-corrected chi connectivity index (χ1v) is 9.78. The third-order valence-electron chi connectivity index (χ3n) is 4.61.